The Kier molecular flexibility index (Phi) is 3.99. The molecule has 1 aromatic carbocycles. The Morgan fingerprint density at radius 1 is 1.35 bits per heavy atom. The minimum atomic E-state index is -0.435. The molecule has 17 heavy (non-hydrogen) atoms. The predicted octanol–water partition coefficient (Wildman–Crippen LogP) is 2.24. The van der Waals surface area contributed by atoms with Crippen LogP contribution in [0.5, 0.6) is 11.5 Å². The largest absolute Gasteiger partial charge is 0.508 e. The minimum Gasteiger partial charge on any atom is -0.508 e. The maximum Gasteiger partial charge on any atom is 0.343 e. The molecule has 4 heteroatoms. The van der Waals surface area contributed by atoms with Crippen LogP contribution in [0.15, 0.2) is 18.2 Å². The van der Waals surface area contributed by atoms with Crippen molar-refractivity contribution in [1.29, 1.82) is 0 Å². The van der Waals surface area contributed by atoms with Gasteiger partial charge in [0.15, 0.2) is 6.61 Å². The summed E-state index contributed by atoms with van der Waals surface area (Å²) in [7, 11) is 1.31. The van der Waals surface area contributed by atoms with Crippen LogP contribution in [0.3, 0.4) is 0 Å². The zero-order valence-electron chi connectivity index (χ0n) is 10.6. The minimum absolute atomic E-state index is 0.134. The summed E-state index contributed by atoms with van der Waals surface area (Å²) in [6, 6.07) is 4.92. The molecule has 0 atom stereocenters. The van der Waals surface area contributed by atoms with Crippen LogP contribution in [0.25, 0.3) is 0 Å². The molecule has 1 rings (SSSR count). The smallest absolute Gasteiger partial charge is 0.343 e. The summed E-state index contributed by atoms with van der Waals surface area (Å²) in [5, 5.41) is 9.75. The number of ether oxygens (including phenoxy) is 2. The van der Waals surface area contributed by atoms with E-state index in [9.17, 15) is 9.90 Å². The monoisotopic (exact) mass is 238 g/mol. The van der Waals surface area contributed by atoms with Gasteiger partial charge in [0.25, 0.3) is 0 Å². The fraction of sp³-hybridized carbons (Fsp3) is 0.462. The van der Waals surface area contributed by atoms with Gasteiger partial charge in [0.1, 0.15) is 11.5 Å². The van der Waals surface area contributed by atoms with Gasteiger partial charge in [0, 0.05) is 5.56 Å². The molecule has 0 unspecified atom stereocenters. The van der Waals surface area contributed by atoms with Crippen molar-refractivity contribution in [3.8, 4) is 11.5 Å². The maximum atomic E-state index is 10.9. The quantitative estimate of drug-likeness (QED) is 0.820. The number of aromatic hydroxyl groups is 1. The van der Waals surface area contributed by atoms with Crippen LogP contribution < -0.4 is 4.74 Å². The first-order chi connectivity index (χ1) is 7.84. The van der Waals surface area contributed by atoms with E-state index >= 15 is 0 Å². The first-order valence-electron chi connectivity index (χ1n) is 5.37. The van der Waals surface area contributed by atoms with Gasteiger partial charge in [-0.3, -0.25) is 0 Å². The molecule has 0 aliphatic rings. The Morgan fingerprint density at radius 2 is 2.00 bits per heavy atom. The number of carbonyl (C=O) groups is 1. The van der Waals surface area contributed by atoms with Crippen LogP contribution in [-0.4, -0.2) is 24.8 Å². The molecule has 0 spiro atoms. The van der Waals surface area contributed by atoms with Gasteiger partial charge in [-0.2, -0.15) is 0 Å². The fourth-order valence-electron chi connectivity index (χ4n) is 1.41. The van der Waals surface area contributed by atoms with E-state index in [-0.39, 0.29) is 17.8 Å². The Labute approximate surface area is 101 Å². The molecule has 1 N–H and O–H groups in total. The van der Waals surface area contributed by atoms with E-state index < -0.39 is 5.97 Å². The zero-order valence-corrected chi connectivity index (χ0v) is 10.6. The van der Waals surface area contributed by atoms with Crippen molar-refractivity contribution in [2.24, 2.45) is 0 Å². The van der Waals surface area contributed by atoms with Crippen LogP contribution in [0.1, 0.15) is 26.3 Å². The fourth-order valence-corrected chi connectivity index (χ4v) is 1.41. The van der Waals surface area contributed by atoms with Crippen LogP contribution in [0.4, 0.5) is 0 Å². The molecular formula is C13H18O4. The third-order valence-electron chi connectivity index (χ3n) is 2.36. The van der Waals surface area contributed by atoms with Crippen molar-refractivity contribution >= 4 is 5.97 Å². The molecule has 0 fully saturated rings. The lowest BCUT2D eigenvalue weighted by molar-refractivity contribution is -0.142. The summed E-state index contributed by atoms with van der Waals surface area (Å²) in [6.45, 7) is 5.84. The number of esters is 1. The van der Waals surface area contributed by atoms with E-state index in [0.29, 0.717) is 5.75 Å². The second-order valence-electron chi connectivity index (χ2n) is 4.79. The van der Waals surface area contributed by atoms with Gasteiger partial charge in [-0.05, 0) is 23.6 Å². The molecule has 0 saturated carbocycles. The van der Waals surface area contributed by atoms with Crippen molar-refractivity contribution < 1.29 is 19.4 Å². The van der Waals surface area contributed by atoms with Crippen LogP contribution >= 0.6 is 0 Å². The number of rotatable bonds is 3. The molecule has 0 bridgehead atoms. The lowest BCUT2D eigenvalue weighted by Crippen LogP contribution is -2.14. The first kappa shape index (κ1) is 13.4. The Balaban J connectivity index is 2.86. The molecule has 0 heterocycles. The Hall–Kier alpha value is -1.71. The van der Waals surface area contributed by atoms with Gasteiger partial charge in [0.05, 0.1) is 7.11 Å². The van der Waals surface area contributed by atoms with Crippen molar-refractivity contribution in [2.45, 2.75) is 26.2 Å². The van der Waals surface area contributed by atoms with Crippen molar-refractivity contribution in [3.63, 3.8) is 0 Å². The van der Waals surface area contributed by atoms with Gasteiger partial charge in [0.2, 0.25) is 0 Å². The van der Waals surface area contributed by atoms with E-state index in [2.05, 4.69) is 4.74 Å². The second-order valence-corrected chi connectivity index (χ2v) is 4.79. The molecule has 0 saturated heterocycles. The Bertz CT molecular complexity index is 404. The normalized spacial score (nSPS) is 11.1. The number of benzene rings is 1. The van der Waals surface area contributed by atoms with E-state index in [1.165, 1.54) is 7.11 Å². The van der Waals surface area contributed by atoms with Crippen LogP contribution in [0.2, 0.25) is 0 Å². The summed E-state index contributed by atoms with van der Waals surface area (Å²) < 4.78 is 9.74. The van der Waals surface area contributed by atoms with Gasteiger partial charge >= 0.3 is 5.97 Å². The highest BCUT2D eigenvalue weighted by atomic mass is 16.6. The number of phenols is 1. The summed E-state index contributed by atoms with van der Waals surface area (Å²) in [6.07, 6.45) is 0. The molecule has 4 nitrogen and oxygen atoms in total. The predicted molar refractivity (Wildman–Crippen MR) is 64.3 cm³/mol. The average Bonchev–Trinajstić information content (AvgIpc) is 2.26. The molecule has 1 aromatic rings. The number of phenolic OH excluding ortho intramolecular Hbond substituents is 1. The summed E-state index contributed by atoms with van der Waals surface area (Å²) in [5.41, 5.74) is 0.592. The van der Waals surface area contributed by atoms with Gasteiger partial charge < -0.3 is 14.6 Å². The number of hydrogen-bond donors (Lipinski definition) is 1. The van der Waals surface area contributed by atoms with E-state index in [1.54, 1.807) is 18.2 Å². The lowest BCUT2D eigenvalue weighted by Gasteiger charge is -2.21. The highest BCUT2D eigenvalue weighted by Gasteiger charge is 2.18. The number of methoxy groups -OCH3 is 1. The van der Waals surface area contributed by atoms with E-state index in [1.807, 2.05) is 20.8 Å². The van der Waals surface area contributed by atoms with Gasteiger partial charge in [-0.25, -0.2) is 4.79 Å². The zero-order chi connectivity index (χ0) is 13.1. The Morgan fingerprint density at radius 3 is 2.53 bits per heavy atom. The van der Waals surface area contributed by atoms with Crippen LogP contribution in [0, 0.1) is 0 Å². The first-order valence-corrected chi connectivity index (χ1v) is 5.37. The summed E-state index contributed by atoms with van der Waals surface area (Å²) in [4.78, 5) is 10.9. The summed E-state index contributed by atoms with van der Waals surface area (Å²) in [5.74, 6) is 0.330. The maximum absolute atomic E-state index is 10.9. The summed E-state index contributed by atoms with van der Waals surface area (Å²) >= 11 is 0. The second kappa shape index (κ2) is 5.08. The highest BCUT2D eigenvalue weighted by molar-refractivity contribution is 5.70. The molecule has 0 aliphatic heterocycles. The third-order valence-corrected chi connectivity index (χ3v) is 2.36. The standard InChI is InChI=1S/C13H18O4/c1-13(2,3)10-7-9(5-6-11(10)14)17-8-12(15)16-4/h5-7,14H,8H2,1-4H3. The number of carbonyl (C=O) groups excluding carboxylic acids is 1. The topological polar surface area (TPSA) is 55.8 Å². The molecule has 0 amide bonds. The molecule has 94 valence electrons. The third kappa shape index (κ3) is 3.66. The molecule has 0 radical (unpaired) electrons. The van der Waals surface area contributed by atoms with Crippen molar-refractivity contribution in [3.05, 3.63) is 23.8 Å². The van der Waals surface area contributed by atoms with Crippen LogP contribution in [-0.2, 0) is 14.9 Å². The van der Waals surface area contributed by atoms with E-state index in [4.69, 9.17) is 4.74 Å². The van der Waals surface area contributed by atoms with E-state index in [0.717, 1.165) is 5.56 Å². The number of hydrogen-bond acceptors (Lipinski definition) is 4. The average molecular weight is 238 g/mol. The lowest BCUT2D eigenvalue weighted by atomic mass is 9.86. The van der Waals surface area contributed by atoms with Crippen molar-refractivity contribution in [2.75, 3.05) is 13.7 Å². The van der Waals surface area contributed by atoms with Crippen molar-refractivity contribution in [1.82, 2.24) is 0 Å². The highest BCUT2D eigenvalue weighted by Crippen LogP contribution is 2.33. The van der Waals surface area contributed by atoms with Gasteiger partial charge in [-0.1, -0.05) is 20.8 Å². The molecular weight excluding hydrogens is 220 g/mol. The van der Waals surface area contributed by atoms with Gasteiger partial charge in [-0.15, -0.1) is 0 Å². The molecule has 0 aliphatic carbocycles. The molecule has 0 aromatic heterocycles. The SMILES string of the molecule is COC(=O)COc1ccc(O)c(C(C)(C)C)c1.